The third kappa shape index (κ3) is 2.87. The Morgan fingerprint density at radius 1 is 0.875 bits per heavy atom. The van der Waals surface area contributed by atoms with Gasteiger partial charge in [-0.15, -0.1) is 23.1 Å². The van der Waals surface area contributed by atoms with Gasteiger partial charge in [0.2, 0.25) is 0 Å². The molecule has 2 atom stereocenters. The van der Waals surface area contributed by atoms with Crippen LogP contribution < -0.4 is 14.9 Å². The van der Waals surface area contributed by atoms with E-state index in [4.69, 9.17) is 0 Å². The van der Waals surface area contributed by atoms with Crippen LogP contribution in [0.4, 0.5) is 0 Å². The molecule has 0 bridgehead atoms. The van der Waals surface area contributed by atoms with Crippen molar-refractivity contribution in [2.45, 2.75) is 45.0 Å². The molecule has 2 heterocycles. The summed E-state index contributed by atoms with van der Waals surface area (Å²) in [7, 11) is -0.517. The summed E-state index contributed by atoms with van der Waals surface area (Å²) in [5, 5.41) is 3.78. The molecular formula is C29H27S2Si. The molecule has 3 aliphatic rings. The number of thioether (sulfide) groups is 1. The average molecular weight is 468 g/mol. The molecule has 3 aromatic rings. The van der Waals surface area contributed by atoms with Crippen molar-refractivity contribution in [2.75, 3.05) is 0 Å². The standard InChI is InChI=1S/C29H27S2Si/c1-16-14-22-20(19-10-7-6-8-11-19)12-9-13-21(22)25(16)26-17(2)30-23-15-24-28(27(23)26)29(32(4)5)18(3)31-24/h6-15,23,25H,1-5H3. The zero-order chi connectivity index (χ0) is 22.1. The number of fused-ring (bicyclic) bond motifs is 3. The fourth-order valence-corrected chi connectivity index (χ4v) is 10.7. The fourth-order valence-electron chi connectivity index (χ4n) is 5.90. The minimum absolute atomic E-state index is 0.373. The van der Waals surface area contributed by atoms with Gasteiger partial charge in [0.1, 0.15) is 0 Å². The summed E-state index contributed by atoms with van der Waals surface area (Å²) in [6.45, 7) is 11.9. The molecule has 0 fully saturated rings. The van der Waals surface area contributed by atoms with Crippen molar-refractivity contribution in [3.63, 3.8) is 0 Å². The molecule has 0 saturated carbocycles. The first-order chi connectivity index (χ1) is 15.5. The van der Waals surface area contributed by atoms with Crippen molar-refractivity contribution in [1.82, 2.24) is 0 Å². The predicted molar refractivity (Wildman–Crippen MR) is 146 cm³/mol. The number of thiophene rings is 1. The molecule has 6 rings (SSSR count). The van der Waals surface area contributed by atoms with Crippen molar-refractivity contribution >= 4 is 54.8 Å². The lowest BCUT2D eigenvalue weighted by molar-refractivity contribution is 0.974. The van der Waals surface area contributed by atoms with E-state index in [0.29, 0.717) is 11.2 Å². The Balaban J connectivity index is 1.58. The summed E-state index contributed by atoms with van der Waals surface area (Å²) >= 11 is 4.09. The van der Waals surface area contributed by atoms with E-state index >= 15 is 0 Å². The number of rotatable bonds is 3. The van der Waals surface area contributed by atoms with Crippen LogP contribution in [-0.4, -0.2) is 14.0 Å². The van der Waals surface area contributed by atoms with Crippen molar-refractivity contribution in [3.05, 3.63) is 90.3 Å². The van der Waals surface area contributed by atoms with Gasteiger partial charge in [0, 0.05) is 15.3 Å². The van der Waals surface area contributed by atoms with E-state index in [1.165, 1.54) is 42.1 Å². The number of benzene rings is 2. The van der Waals surface area contributed by atoms with Gasteiger partial charge < -0.3 is 0 Å². The zero-order valence-electron chi connectivity index (χ0n) is 19.2. The zero-order valence-corrected chi connectivity index (χ0v) is 21.9. The average Bonchev–Trinajstić information content (AvgIpc) is 3.45. The van der Waals surface area contributed by atoms with E-state index in [2.05, 4.69) is 106 Å². The Morgan fingerprint density at radius 3 is 2.41 bits per heavy atom. The Hall–Kier alpha value is -2.07. The second-order valence-electron chi connectivity index (χ2n) is 9.36. The van der Waals surface area contributed by atoms with E-state index in [0.717, 1.165) is 0 Å². The van der Waals surface area contributed by atoms with Gasteiger partial charge in [-0.25, -0.2) is 0 Å². The summed E-state index contributed by atoms with van der Waals surface area (Å²) in [6, 6.07) is 17.8. The van der Waals surface area contributed by atoms with Crippen LogP contribution >= 0.6 is 23.1 Å². The topological polar surface area (TPSA) is 0 Å². The van der Waals surface area contributed by atoms with Crippen LogP contribution in [0.15, 0.2) is 64.6 Å². The Labute approximate surface area is 200 Å². The van der Waals surface area contributed by atoms with Crippen molar-refractivity contribution < 1.29 is 0 Å². The van der Waals surface area contributed by atoms with E-state index in [1.54, 1.807) is 21.6 Å². The molecule has 2 aliphatic carbocycles. The highest BCUT2D eigenvalue weighted by molar-refractivity contribution is 8.04. The Morgan fingerprint density at radius 2 is 1.66 bits per heavy atom. The number of aryl methyl sites for hydroxylation is 1. The molecule has 0 nitrogen and oxygen atoms in total. The summed E-state index contributed by atoms with van der Waals surface area (Å²) in [5.41, 5.74) is 10.3. The van der Waals surface area contributed by atoms with Crippen LogP contribution in [0, 0.1) is 6.92 Å². The Bertz CT molecular complexity index is 1450. The molecule has 0 amide bonds. The summed E-state index contributed by atoms with van der Waals surface area (Å²) in [4.78, 5) is 3.05. The van der Waals surface area contributed by atoms with Gasteiger partial charge in [-0.05, 0) is 75.6 Å². The van der Waals surface area contributed by atoms with Crippen molar-refractivity contribution in [2.24, 2.45) is 0 Å². The maximum Gasteiger partial charge on any atom is 0.0814 e. The van der Waals surface area contributed by atoms with Gasteiger partial charge in [-0.1, -0.05) is 73.3 Å². The van der Waals surface area contributed by atoms with Gasteiger partial charge in [0.05, 0.1) is 14.0 Å². The lowest BCUT2D eigenvalue weighted by Crippen LogP contribution is -2.42. The van der Waals surface area contributed by atoms with Gasteiger partial charge in [0.15, 0.2) is 0 Å². The summed E-state index contributed by atoms with van der Waals surface area (Å²) in [5.74, 6) is 0.373. The largest absolute Gasteiger partial charge is 0.141 e. The number of hydrogen-bond acceptors (Lipinski definition) is 2. The third-order valence-electron chi connectivity index (χ3n) is 7.09. The van der Waals surface area contributed by atoms with Crippen molar-refractivity contribution in [3.8, 4) is 11.1 Å². The van der Waals surface area contributed by atoms with Crippen LogP contribution in [0.25, 0.3) is 28.9 Å². The highest BCUT2D eigenvalue weighted by Gasteiger charge is 2.39. The van der Waals surface area contributed by atoms with Gasteiger partial charge >= 0.3 is 0 Å². The molecule has 0 spiro atoms. The monoisotopic (exact) mass is 467 g/mol. The number of hydrogen-bond donors (Lipinski definition) is 0. The molecule has 1 aliphatic heterocycles. The molecule has 2 unspecified atom stereocenters. The van der Waals surface area contributed by atoms with E-state index in [-0.39, 0.29) is 0 Å². The van der Waals surface area contributed by atoms with Crippen molar-refractivity contribution in [1.29, 1.82) is 0 Å². The molecule has 0 saturated heterocycles. The lowest BCUT2D eigenvalue weighted by Gasteiger charge is -2.20. The summed E-state index contributed by atoms with van der Waals surface area (Å²) < 4.78 is 1.53. The quantitative estimate of drug-likeness (QED) is 0.412. The summed E-state index contributed by atoms with van der Waals surface area (Å²) in [6.07, 6.45) is 5.00. The van der Waals surface area contributed by atoms with E-state index in [9.17, 15) is 0 Å². The first-order valence-electron chi connectivity index (χ1n) is 11.4. The minimum Gasteiger partial charge on any atom is -0.141 e. The van der Waals surface area contributed by atoms with Crippen LogP contribution in [0.2, 0.25) is 13.1 Å². The maximum atomic E-state index is 2.55. The highest BCUT2D eigenvalue weighted by Crippen LogP contribution is 2.54. The van der Waals surface area contributed by atoms with Crippen LogP contribution in [0.3, 0.4) is 0 Å². The Kier molecular flexibility index (Phi) is 4.80. The molecule has 1 radical (unpaired) electrons. The lowest BCUT2D eigenvalue weighted by atomic mass is 9.82. The maximum absolute atomic E-state index is 2.55. The van der Waals surface area contributed by atoms with Crippen LogP contribution in [0.1, 0.15) is 35.8 Å². The molecule has 0 N–H and O–H groups in total. The van der Waals surface area contributed by atoms with Gasteiger partial charge in [-0.2, -0.15) is 0 Å². The molecule has 1 aromatic heterocycles. The van der Waals surface area contributed by atoms with Crippen LogP contribution in [0.5, 0.6) is 0 Å². The molecule has 3 heteroatoms. The predicted octanol–water partition coefficient (Wildman–Crippen LogP) is 6.22. The molecule has 2 aromatic carbocycles. The van der Waals surface area contributed by atoms with Gasteiger partial charge in [0.25, 0.3) is 0 Å². The van der Waals surface area contributed by atoms with Crippen LogP contribution in [-0.2, 0) is 0 Å². The first-order valence-corrected chi connectivity index (χ1v) is 15.6. The highest BCUT2D eigenvalue weighted by atomic mass is 32.2. The minimum atomic E-state index is -0.517. The first kappa shape index (κ1) is 20.5. The molecule has 159 valence electrons. The normalized spacial score (nSPS) is 21.1. The smallest absolute Gasteiger partial charge is 0.0814 e. The fraction of sp³-hybridized carbons (Fsp3) is 0.241. The van der Waals surface area contributed by atoms with E-state index in [1.807, 2.05) is 11.3 Å². The molecule has 32 heavy (non-hydrogen) atoms. The van der Waals surface area contributed by atoms with E-state index < -0.39 is 8.80 Å². The third-order valence-corrected chi connectivity index (χ3v) is 11.2. The van der Waals surface area contributed by atoms with Gasteiger partial charge in [-0.3, -0.25) is 0 Å². The molecular weight excluding hydrogens is 441 g/mol. The second-order valence-corrected chi connectivity index (χ2v) is 14.5. The second kappa shape index (κ2) is 7.48. The number of allylic oxidation sites excluding steroid dienone is 3. The SMILES string of the molecule is CC1=Cc2c(-c3ccccc3)cccc2C1C1=C(C)SC2C=c3sc(C)c([Si](C)C)c3=C12.